The zero-order chi connectivity index (χ0) is 18.7. The van der Waals surface area contributed by atoms with Gasteiger partial charge in [0.05, 0.1) is 17.6 Å². The summed E-state index contributed by atoms with van der Waals surface area (Å²) in [5, 5.41) is 4.37. The number of fused-ring (bicyclic) bond motifs is 3. The Morgan fingerprint density at radius 2 is 1.48 bits per heavy atom. The van der Waals surface area contributed by atoms with E-state index in [1.54, 1.807) is 0 Å². The molecule has 3 atom stereocenters. The van der Waals surface area contributed by atoms with Crippen LogP contribution in [0.2, 0.25) is 0 Å². The minimum Gasteiger partial charge on any atom is -0.274 e. The minimum absolute atomic E-state index is 0.0856. The zero-order valence-electron chi connectivity index (χ0n) is 15.0. The molecule has 0 radical (unpaired) electrons. The van der Waals surface area contributed by atoms with E-state index in [9.17, 15) is 9.59 Å². The number of hydrogen-bond donors (Lipinski definition) is 0. The number of aryl methyl sites for hydroxylation is 1. The summed E-state index contributed by atoms with van der Waals surface area (Å²) >= 11 is 3.48. The van der Waals surface area contributed by atoms with Crippen molar-refractivity contribution in [2.75, 3.05) is 18.0 Å². The zero-order valence-corrected chi connectivity index (χ0v) is 16.6. The molecule has 0 N–H and O–H groups in total. The van der Waals surface area contributed by atoms with Crippen molar-refractivity contribution in [1.29, 1.82) is 0 Å². The van der Waals surface area contributed by atoms with Crippen molar-refractivity contribution >= 4 is 33.4 Å². The van der Waals surface area contributed by atoms with Crippen molar-refractivity contribution < 1.29 is 9.59 Å². The lowest BCUT2D eigenvalue weighted by atomic mass is 9.90. The van der Waals surface area contributed by atoms with Crippen LogP contribution in [0.3, 0.4) is 0 Å². The number of rotatable bonds is 2. The molecular formula is C21H20BrN3O2. The van der Waals surface area contributed by atoms with Gasteiger partial charge in [-0.2, -0.15) is 0 Å². The van der Waals surface area contributed by atoms with Crippen LogP contribution in [0.15, 0.2) is 53.0 Å². The fourth-order valence-electron chi connectivity index (χ4n) is 4.72. The van der Waals surface area contributed by atoms with Gasteiger partial charge < -0.3 is 0 Å². The number of carbonyl (C=O) groups is 2. The van der Waals surface area contributed by atoms with Gasteiger partial charge in [0.15, 0.2) is 0 Å². The summed E-state index contributed by atoms with van der Waals surface area (Å²) in [6.07, 6.45) is 1.02. The van der Waals surface area contributed by atoms with Crippen LogP contribution < -0.4 is 4.90 Å². The van der Waals surface area contributed by atoms with Gasteiger partial charge in [0.25, 0.3) is 5.91 Å². The topological polar surface area (TPSA) is 43.9 Å². The molecule has 6 heteroatoms. The van der Waals surface area contributed by atoms with E-state index in [1.807, 2.05) is 43.3 Å². The Bertz CT molecular complexity index is 912. The third-order valence-electron chi connectivity index (χ3n) is 5.91. The van der Waals surface area contributed by atoms with Gasteiger partial charge in [0, 0.05) is 17.6 Å². The molecule has 3 saturated heterocycles. The van der Waals surface area contributed by atoms with Crippen molar-refractivity contribution in [3.8, 4) is 0 Å². The van der Waals surface area contributed by atoms with Crippen LogP contribution in [-0.4, -0.2) is 41.0 Å². The number of nitrogens with zero attached hydrogens (tertiary/aromatic N) is 3. The summed E-state index contributed by atoms with van der Waals surface area (Å²) in [5.41, 5.74) is 2.87. The molecule has 27 heavy (non-hydrogen) atoms. The first-order valence-corrected chi connectivity index (χ1v) is 10.1. The van der Waals surface area contributed by atoms with E-state index in [0.29, 0.717) is 5.69 Å². The second kappa shape index (κ2) is 6.26. The second-order valence-corrected chi connectivity index (χ2v) is 8.41. The Labute approximate surface area is 166 Å². The van der Waals surface area contributed by atoms with Gasteiger partial charge in [-0.15, -0.1) is 0 Å². The summed E-state index contributed by atoms with van der Waals surface area (Å²) < 4.78 is 1.01. The van der Waals surface area contributed by atoms with Crippen LogP contribution in [-0.2, 0) is 9.59 Å². The predicted octanol–water partition coefficient (Wildman–Crippen LogP) is 3.29. The Hall–Kier alpha value is -2.02. The fraction of sp³-hybridized carbons (Fsp3) is 0.333. The van der Waals surface area contributed by atoms with Crippen LogP contribution in [0.5, 0.6) is 0 Å². The first-order chi connectivity index (χ1) is 13.1. The van der Waals surface area contributed by atoms with Gasteiger partial charge in [0.2, 0.25) is 5.91 Å². The lowest BCUT2D eigenvalue weighted by molar-refractivity contribution is -0.126. The monoisotopic (exact) mass is 425 g/mol. The SMILES string of the molecule is Cc1ccc(N2C(=O)[C@H]3[C@H](C2=O)N2CCCN2[C@H]3c2ccc(Br)cc2)cc1. The average Bonchev–Trinajstić information content (AvgIpc) is 3.30. The molecule has 3 heterocycles. The van der Waals surface area contributed by atoms with Gasteiger partial charge >= 0.3 is 0 Å². The number of benzene rings is 2. The van der Waals surface area contributed by atoms with Gasteiger partial charge in [-0.3, -0.25) is 9.59 Å². The molecule has 3 aliphatic rings. The van der Waals surface area contributed by atoms with Gasteiger partial charge in [-0.25, -0.2) is 14.9 Å². The molecule has 0 bridgehead atoms. The smallest absolute Gasteiger partial charge is 0.253 e. The van der Waals surface area contributed by atoms with E-state index in [2.05, 4.69) is 38.1 Å². The molecule has 2 aromatic carbocycles. The highest BCUT2D eigenvalue weighted by Crippen LogP contribution is 2.48. The number of imide groups is 1. The number of hydrogen-bond acceptors (Lipinski definition) is 4. The van der Waals surface area contributed by atoms with E-state index in [1.165, 1.54) is 4.90 Å². The number of halogens is 1. The molecule has 138 valence electrons. The van der Waals surface area contributed by atoms with Crippen LogP contribution in [0.4, 0.5) is 5.69 Å². The third-order valence-corrected chi connectivity index (χ3v) is 6.44. The van der Waals surface area contributed by atoms with Crippen LogP contribution in [0, 0.1) is 12.8 Å². The molecule has 3 fully saturated rings. The number of anilines is 1. The maximum absolute atomic E-state index is 13.4. The Balaban J connectivity index is 1.57. The van der Waals surface area contributed by atoms with E-state index in [4.69, 9.17) is 0 Å². The van der Waals surface area contributed by atoms with E-state index in [0.717, 1.165) is 35.1 Å². The highest BCUT2D eigenvalue weighted by atomic mass is 79.9. The fourth-order valence-corrected chi connectivity index (χ4v) is 4.99. The molecule has 0 saturated carbocycles. The number of amides is 2. The van der Waals surface area contributed by atoms with Gasteiger partial charge in [-0.05, 0) is 43.2 Å². The maximum atomic E-state index is 13.4. The van der Waals surface area contributed by atoms with Crippen molar-refractivity contribution in [3.63, 3.8) is 0 Å². The predicted molar refractivity (Wildman–Crippen MR) is 106 cm³/mol. The maximum Gasteiger partial charge on any atom is 0.253 e. The molecule has 2 amide bonds. The molecule has 5 nitrogen and oxygen atoms in total. The van der Waals surface area contributed by atoms with E-state index >= 15 is 0 Å². The molecule has 0 aromatic heterocycles. The molecular weight excluding hydrogens is 406 g/mol. The Kier molecular flexibility index (Phi) is 3.96. The summed E-state index contributed by atoms with van der Waals surface area (Å²) in [6, 6.07) is 15.2. The molecule has 5 rings (SSSR count). The molecule has 0 aliphatic carbocycles. The summed E-state index contributed by atoms with van der Waals surface area (Å²) in [6.45, 7) is 3.71. The normalized spacial score (nSPS) is 28.1. The summed E-state index contributed by atoms with van der Waals surface area (Å²) in [4.78, 5) is 28.1. The lowest BCUT2D eigenvalue weighted by Crippen LogP contribution is -2.44. The average molecular weight is 426 g/mol. The number of hydrazine groups is 1. The van der Waals surface area contributed by atoms with E-state index < -0.39 is 6.04 Å². The van der Waals surface area contributed by atoms with Crippen LogP contribution >= 0.6 is 15.9 Å². The van der Waals surface area contributed by atoms with Crippen molar-refractivity contribution in [2.24, 2.45) is 5.92 Å². The first kappa shape index (κ1) is 17.1. The summed E-state index contributed by atoms with van der Waals surface area (Å²) in [7, 11) is 0. The lowest BCUT2D eigenvalue weighted by Gasteiger charge is -2.29. The highest BCUT2D eigenvalue weighted by Gasteiger charge is 2.62. The second-order valence-electron chi connectivity index (χ2n) is 7.49. The summed E-state index contributed by atoms with van der Waals surface area (Å²) in [5.74, 6) is -0.545. The largest absolute Gasteiger partial charge is 0.274 e. The quantitative estimate of drug-likeness (QED) is 0.692. The molecule has 2 aromatic rings. The van der Waals surface area contributed by atoms with Crippen LogP contribution in [0.25, 0.3) is 0 Å². The molecule has 0 spiro atoms. The Morgan fingerprint density at radius 1 is 0.852 bits per heavy atom. The molecule has 0 unspecified atom stereocenters. The van der Waals surface area contributed by atoms with Crippen molar-refractivity contribution in [3.05, 3.63) is 64.1 Å². The van der Waals surface area contributed by atoms with E-state index in [-0.39, 0.29) is 23.8 Å². The van der Waals surface area contributed by atoms with Gasteiger partial charge in [-0.1, -0.05) is 45.8 Å². The third kappa shape index (κ3) is 2.51. The van der Waals surface area contributed by atoms with Crippen molar-refractivity contribution in [1.82, 2.24) is 10.0 Å². The number of carbonyl (C=O) groups excluding carboxylic acids is 2. The van der Waals surface area contributed by atoms with Crippen LogP contribution in [0.1, 0.15) is 23.6 Å². The standard InChI is InChI=1S/C21H20BrN3O2/c1-13-3-9-16(10-4-13)25-20(26)17-18(14-5-7-15(22)8-6-14)23-11-2-12-24(23)19(17)21(25)27/h3-10,17-19H,2,11-12H2,1H3/t17-,18+,19-/m1/s1. The first-order valence-electron chi connectivity index (χ1n) is 9.29. The molecule has 3 aliphatic heterocycles. The minimum atomic E-state index is -0.394. The van der Waals surface area contributed by atoms with Gasteiger partial charge in [0.1, 0.15) is 6.04 Å². The van der Waals surface area contributed by atoms with Crippen molar-refractivity contribution in [2.45, 2.75) is 25.4 Å². The Morgan fingerprint density at radius 3 is 2.15 bits per heavy atom. The highest BCUT2D eigenvalue weighted by molar-refractivity contribution is 9.10.